The topological polar surface area (TPSA) is 57.5 Å². The van der Waals surface area contributed by atoms with Crippen molar-refractivity contribution in [2.75, 3.05) is 0 Å². The fraction of sp³-hybridized carbons (Fsp3) is 0.833. The molecule has 1 unspecified atom stereocenters. The molecule has 0 bridgehead atoms. The molecule has 0 saturated heterocycles. The molecular formula is C6H14O3S. The SMILES string of the molecule is CC(C)O.CC(S)C(=O)O. The van der Waals surface area contributed by atoms with Gasteiger partial charge in [0.05, 0.1) is 5.25 Å². The van der Waals surface area contributed by atoms with Crippen molar-refractivity contribution in [2.45, 2.75) is 32.1 Å². The van der Waals surface area contributed by atoms with Crippen LogP contribution in [0, 0.1) is 0 Å². The van der Waals surface area contributed by atoms with Crippen LogP contribution in [0.25, 0.3) is 0 Å². The molecule has 3 nitrogen and oxygen atoms in total. The number of aliphatic hydroxyl groups is 1. The van der Waals surface area contributed by atoms with Crippen LogP contribution in [-0.4, -0.2) is 27.5 Å². The van der Waals surface area contributed by atoms with E-state index in [1.807, 2.05) is 0 Å². The number of rotatable bonds is 1. The van der Waals surface area contributed by atoms with Gasteiger partial charge in [0.2, 0.25) is 0 Å². The van der Waals surface area contributed by atoms with Crippen LogP contribution in [0.4, 0.5) is 0 Å². The monoisotopic (exact) mass is 166 g/mol. The summed E-state index contributed by atoms with van der Waals surface area (Å²) in [5.74, 6) is -0.877. The van der Waals surface area contributed by atoms with E-state index in [0.717, 1.165) is 0 Å². The lowest BCUT2D eigenvalue weighted by molar-refractivity contribution is -0.136. The molecule has 0 rings (SSSR count). The summed E-state index contributed by atoms with van der Waals surface area (Å²) in [6.07, 6.45) is -0.167. The maximum atomic E-state index is 9.62. The average molecular weight is 166 g/mol. The third kappa shape index (κ3) is 25.0. The fourth-order valence-electron chi connectivity index (χ4n) is 0. The van der Waals surface area contributed by atoms with E-state index in [9.17, 15) is 4.79 Å². The number of aliphatic hydroxyl groups excluding tert-OH is 1. The summed E-state index contributed by atoms with van der Waals surface area (Å²) >= 11 is 3.59. The van der Waals surface area contributed by atoms with Gasteiger partial charge < -0.3 is 10.2 Å². The van der Waals surface area contributed by atoms with Crippen molar-refractivity contribution in [1.29, 1.82) is 0 Å². The molecule has 0 fully saturated rings. The van der Waals surface area contributed by atoms with Crippen molar-refractivity contribution in [3.63, 3.8) is 0 Å². The second-order valence-corrected chi connectivity index (χ2v) is 2.88. The first-order chi connectivity index (χ1) is 4.37. The standard InChI is InChI=1S/C3H6O2S.C3H8O/c1-2(6)3(4)5;1-3(2)4/h2,6H,1H3,(H,4,5);3-4H,1-2H3. The number of carboxylic acid groups (broad SMARTS) is 1. The molecule has 0 aromatic rings. The Balaban J connectivity index is 0. The Labute approximate surface area is 66.5 Å². The van der Waals surface area contributed by atoms with Crippen molar-refractivity contribution in [2.24, 2.45) is 0 Å². The maximum absolute atomic E-state index is 9.62. The van der Waals surface area contributed by atoms with Gasteiger partial charge >= 0.3 is 5.97 Å². The molecule has 0 aromatic carbocycles. The molecule has 0 spiro atoms. The predicted molar refractivity (Wildman–Crippen MR) is 43.4 cm³/mol. The van der Waals surface area contributed by atoms with Crippen LogP contribution < -0.4 is 0 Å². The summed E-state index contributed by atoms with van der Waals surface area (Å²) in [5, 5.41) is 15.4. The molecule has 0 heterocycles. The molecule has 0 amide bonds. The van der Waals surface area contributed by atoms with E-state index in [1.54, 1.807) is 13.8 Å². The Morgan fingerprint density at radius 1 is 1.40 bits per heavy atom. The minimum absolute atomic E-state index is 0.167. The van der Waals surface area contributed by atoms with Crippen LogP contribution in [0.5, 0.6) is 0 Å². The summed E-state index contributed by atoms with van der Waals surface area (Å²) in [5.41, 5.74) is 0. The minimum atomic E-state index is -0.877. The summed E-state index contributed by atoms with van der Waals surface area (Å²) in [7, 11) is 0. The Hall–Kier alpha value is -0.220. The second kappa shape index (κ2) is 6.89. The van der Waals surface area contributed by atoms with Gasteiger partial charge in [-0.2, -0.15) is 12.6 Å². The largest absolute Gasteiger partial charge is 0.480 e. The summed E-state index contributed by atoms with van der Waals surface area (Å²) < 4.78 is 0. The number of carboxylic acids is 1. The number of hydrogen-bond donors (Lipinski definition) is 3. The van der Waals surface area contributed by atoms with Gasteiger partial charge in [-0.25, -0.2) is 0 Å². The van der Waals surface area contributed by atoms with Crippen LogP contribution in [0.1, 0.15) is 20.8 Å². The highest BCUT2D eigenvalue weighted by molar-refractivity contribution is 7.81. The Bertz CT molecular complexity index is 88.2. The molecule has 4 heteroatoms. The van der Waals surface area contributed by atoms with Crippen molar-refractivity contribution < 1.29 is 15.0 Å². The summed E-state index contributed by atoms with van der Waals surface area (Å²) in [6, 6.07) is 0. The third-order valence-electron chi connectivity index (χ3n) is 0.357. The first-order valence-electron chi connectivity index (χ1n) is 2.96. The molecule has 0 aliphatic carbocycles. The van der Waals surface area contributed by atoms with E-state index in [4.69, 9.17) is 10.2 Å². The summed E-state index contributed by atoms with van der Waals surface area (Å²) in [6.45, 7) is 4.95. The number of aliphatic carboxylic acids is 1. The van der Waals surface area contributed by atoms with Crippen molar-refractivity contribution in [1.82, 2.24) is 0 Å². The highest BCUT2D eigenvalue weighted by atomic mass is 32.1. The van der Waals surface area contributed by atoms with Gasteiger partial charge in [0.15, 0.2) is 0 Å². The summed E-state index contributed by atoms with van der Waals surface area (Å²) in [4.78, 5) is 9.62. The molecule has 0 aromatic heterocycles. The van der Waals surface area contributed by atoms with E-state index in [1.165, 1.54) is 6.92 Å². The van der Waals surface area contributed by atoms with Gasteiger partial charge in [0.1, 0.15) is 0 Å². The molecule has 2 N–H and O–H groups in total. The zero-order valence-corrected chi connectivity index (χ0v) is 7.30. The molecule has 1 atom stereocenters. The van der Waals surface area contributed by atoms with Crippen LogP contribution in [0.2, 0.25) is 0 Å². The lowest BCUT2D eigenvalue weighted by atomic mass is 10.5. The van der Waals surface area contributed by atoms with Crippen LogP contribution in [0.3, 0.4) is 0 Å². The first-order valence-corrected chi connectivity index (χ1v) is 3.48. The lowest BCUT2D eigenvalue weighted by Gasteiger charge is -1.88. The van der Waals surface area contributed by atoms with Gasteiger partial charge in [-0.05, 0) is 20.8 Å². The quantitative estimate of drug-likeness (QED) is 0.504. The second-order valence-electron chi connectivity index (χ2n) is 2.11. The Kier molecular flexibility index (Phi) is 8.59. The van der Waals surface area contributed by atoms with Gasteiger partial charge in [-0.15, -0.1) is 0 Å². The molecule has 10 heavy (non-hydrogen) atoms. The van der Waals surface area contributed by atoms with Crippen molar-refractivity contribution in [3.05, 3.63) is 0 Å². The number of hydrogen-bond acceptors (Lipinski definition) is 3. The van der Waals surface area contributed by atoms with E-state index >= 15 is 0 Å². The smallest absolute Gasteiger partial charge is 0.316 e. The molecular weight excluding hydrogens is 152 g/mol. The van der Waals surface area contributed by atoms with Gasteiger partial charge in [0.25, 0.3) is 0 Å². The van der Waals surface area contributed by atoms with Crippen LogP contribution in [0.15, 0.2) is 0 Å². The minimum Gasteiger partial charge on any atom is -0.480 e. The van der Waals surface area contributed by atoms with E-state index in [2.05, 4.69) is 12.6 Å². The Morgan fingerprint density at radius 3 is 1.50 bits per heavy atom. The van der Waals surface area contributed by atoms with Crippen molar-refractivity contribution >= 4 is 18.6 Å². The van der Waals surface area contributed by atoms with E-state index in [0.29, 0.717) is 0 Å². The first kappa shape index (κ1) is 12.5. The van der Waals surface area contributed by atoms with Gasteiger partial charge in [0, 0.05) is 6.10 Å². The van der Waals surface area contributed by atoms with Crippen LogP contribution >= 0.6 is 12.6 Å². The van der Waals surface area contributed by atoms with E-state index < -0.39 is 11.2 Å². The Morgan fingerprint density at radius 2 is 1.50 bits per heavy atom. The molecule has 0 radical (unpaired) electrons. The molecule has 62 valence electrons. The highest BCUT2D eigenvalue weighted by Gasteiger charge is 2.00. The van der Waals surface area contributed by atoms with E-state index in [-0.39, 0.29) is 6.10 Å². The fourth-order valence-corrected chi connectivity index (χ4v) is 0. The third-order valence-corrected chi connectivity index (χ3v) is 0.578. The lowest BCUT2D eigenvalue weighted by Crippen LogP contribution is -2.06. The van der Waals surface area contributed by atoms with Crippen molar-refractivity contribution in [3.8, 4) is 0 Å². The highest BCUT2D eigenvalue weighted by Crippen LogP contribution is 1.88. The van der Waals surface area contributed by atoms with Gasteiger partial charge in [-0.1, -0.05) is 0 Å². The molecule has 0 aliphatic rings. The normalized spacial score (nSPS) is 11.8. The number of thiol groups is 1. The zero-order valence-electron chi connectivity index (χ0n) is 6.40. The predicted octanol–water partition coefficient (Wildman–Crippen LogP) is 0.776. The molecule has 0 aliphatic heterocycles. The average Bonchev–Trinajstić information content (AvgIpc) is 1.63. The number of carbonyl (C=O) groups is 1. The van der Waals surface area contributed by atoms with Crippen LogP contribution in [-0.2, 0) is 4.79 Å². The molecule has 0 saturated carbocycles. The zero-order chi connectivity index (χ0) is 8.73. The van der Waals surface area contributed by atoms with Gasteiger partial charge in [-0.3, -0.25) is 4.79 Å². The maximum Gasteiger partial charge on any atom is 0.316 e.